The van der Waals surface area contributed by atoms with E-state index in [1.54, 1.807) is 21.0 Å². The minimum absolute atomic E-state index is 0.349. The third-order valence-electron chi connectivity index (χ3n) is 1.94. The van der Waals surface area contributed by atoms with Crippen molar-refractivity contribution in [1.82, 2.24) is 0 Å². The van der Waals surface area contributed by atoms with Crippen molar-refractivity contribution < 1.29 is 9.84 Å². The Morgan fingerprint density at radius 1 is 1.73 bits per heavy atom. The van der Waals surface area contributed by atoms with Crippen LogP contribution in [0.15, 0.2) is 0 Å². The fraction of sp³-hybridized carbons (Fsp3) is 0.875. The van der Waals surface area contributed by atoms with Gasteiger partial charge in [0.25, 0.3) is 0 Å². The van der Waals surface area contributed by atoms with Gasteiger partial charge in [-0.15, -0.1) is 0 Å². The van der Waals surface area contributed by atoms with Crippen LogP contribution < -0.4 is 0 Å². The van der Waals surface area contributed by atoms with Crippen molar-refractivity contribution in [3.05, 3.63) is 0 Å². The summed E-state index contributed by atoms with van der Waals surface area (Å²) in [6.07, 6.45) is 0.498. The smallest absolute Gasteiger partial charge is 0.0796 e. The van der Waals surface area contributed by atoms with E-state index in [4.69, 9.17) is 10.00 Å². The fourth-order valence-corrected chi connectivity index (χ4v) is 0.664. The summed E-state index contributed by atoms with van der Waals surface area (Å²) in [5.74, 6) is -0.349. The maximum Gasteiger partial charge on any atom is 0.0796 e. The molecular weight excluding hydrogens is 142 g/mol. The van der Waals surface area contributed by atoms with E-state index < -0.39 is 5.60 Å². The zero-order chi connectivity index (χ0) is 8.91. The normalized spacial score (nSPS) is 18.5. The van der Waals surface area contributed by atoms with Crippen LogP contribution in [0.25, 0.3) is 0 Å². The molecule has 1 N–H and O–H groups in total. The number of hydrogen-bond donors (Lipinski definition) is 1. The Kier molecular flexibility index (Phi) is 4.09. The second-order valence-electron chi connectivity index (χ2n) is 2.95. The van der Waals surface area contributed by atoms with Crippen molar-refractivity contribution in [3.63, 3.8) is 0 Å². The molecule has 11 heavy (non-hydrogen) atoms. The van der Waals surface area contributed by atoms with Gasteiger partial charge in [-0.05, 0) is 13.8 Å². The largest absolute Gasteiger partial charge is 0.389 e. The van der Waals surface area contributed by atoms with Gasteiger partial charge in [-0.2, -0.15) is 5.26 Å². The molecule has 0 amide bonds. The Labute approximate surface area is 67.6 Å². The number of rotatable bonds is 4. The Morgan fingerprint density at radius 2 is 2.27 bits per heavy atom. The average Bonchev–Trinajstić information content (AvgIpc) is 1.99. The molecule has 2 unspecified atom stereocenters. The van der Waals surface area contributed by atoms with Gasteiger partial charge < -0.3 is 9.84 Å². The summed E-state index contributed by atoms with van der Waals surface area (Å²) in [6.45, 7) is 3.84. The van der Waals surface area contributed by atoms with Gasteiger partial charge in [-0.1, -0.05) is 0 Å². The molecule has 0 aromatic heterocycles. The van der Waals surface area contributed by atoms with Gasteiger partial charge in [0.1, 0.15) is 0 Å². The van der Waals surface area contributed by atoms with Crippen LogP contribution in [-0.4, -0.2) is 24.4 Å². The molecule has 3 heteroatoms. The van der Waals surface area contributed by atoms with E-state index in [2.05, 4.69) is 0 Å². The van der Waals surface area contributed by atoms with E-state index in [9.17, 15) is 5.11 Å². The summed E-state index contributed by atoms with van der Waals surface area (Å²) >= 11 is 0. The molecule has 0 aliphatic heterocycles. The molecule has 0 aliphatic rings. The topological polar surface area (TPSA) is 53.2 Å². The zero-order valence-corrected chi connectivity index (χ0v) is 7.29. The Morgan fingerprint density at radius 3 is 2.64 bits per heavy atom. The third kappa shape index (κ3) is 3.35. The molecule has 64 valence electrons. The van der Waals surface area contributed by atoms with Crippen LogP contribution in [0.4, 0.5) is 0 Å². The van der Waals surface area contributed by atoms with Crippen LogP contribution in [0.1, 0.15) is 20.3 Å². The lowest BCUT2D eigenvalue weighted by Crippen LogP contribution is -2.33. The highest BCUT2D eigenvalue weighted by molar-refractivity contribution is 4.93. The molecule has 2 atom stereocenters. The molecule has 0 heterocycles. The highest BCUT2D eigenvalue weighted by Gasteiger charge is 2.27. The van der Waals surface area contributed by atoms with Gasteiger partial charge in [-0.25, -0.2) is 0 Å². The second-order valence-corrected chi connectivity index (χ2v) is 2.95. The first kappa shape index (κ1) is 10.4. The predicted molar refractivity (Wildman–Crippen MR) is 41.9 cm³/mol. The molecule has 0 radical (unpaired) electrons. The van der Waals surface area contributed by atoms with E-state index in [1.807, 2.05) is 6.07 Å². The molecule has 0 aromatic carbocycles. The second kappa shape index (κ2) is 4.32. The first-order valence-corrected chi connectivity index (χ1v) is 3.65. The molecule has 0 aromatic rings. The van der Waals surface area contributed by atoms with Crippen molar-refractivity contribution >= 4 is 0 Å². The first-order valence-electron chi connectivity index (χ1n) is 3.65. The number of nitriles is 1. The van der Waals surface area contributed by atoms with Crippen molar-refractivity contribution in [2.45, 2.75) is 25.9 Å². The molecule has 0 saturated heterocycles. The van der Waals surface area contributed by atoms with Crippen LogP contribution in [0, 0.1) is 17.2 Å². The Balaban J connectivity index is 3.90. The van der Waals surface area contributed by atoms with Crippen molar-refractivity contribution in [2.75, 3.05) is 13.7 Å². The highest BCUT2D eigenvalue weighted by atomic mass is 16.5. The quantitative estimate of drug-likeness (QED) is 0.660. The molecule has 0 rings (SSSR count). The highest BCUT2D eigenvalue weighted by Crippen LogP contribution is 2.19. The predicted octanol–water partition coefficient (Wildman–Crippen LogP) is 0.934. The lowest BCUT2D eigenvalue weighted by Gasteiger charge is -2.24. The summed E-state index contributed by atoms with van der Waals surface area (Å²) in [7, 11) is 1.58. The first-order chi connectivity index (χ1) is 5.04. The summed E-state index contributed by atoms with van der Waals surface area (Å²) in [6, 6.07) is 2.01. The Bertz CT molecular complexity index is 149. The van der Waals surface area contributed by atoms with Gasteiger partial charge in [0, 0.05) is 20.1 Å². The number of hydrogen-bond acceptors (Lipinski definition) is 3. The van der Waals surface area contributed by atoms with E-state index in [1.165, 1.54) is 0 Å². The molecule has 0 saturated carbocycles. The van der Waals surface area contributed by atoms with E-state index in [0.717, 1.165) is 0 Å². The van der Waals surface area contributed by atoms with Gasteiger partial charge in [-0.3, -0.25) is 0 Å². The molecule has 0 spiro atoms. The zero-order valence-electron chi connectivity index (χ0n) is 7.29. The van der Waals surface area contributed by atoms with E-state index >= 15 is 0 Å². The Hall–Kier alpha value is -0.590. The molecular formula is C8H15NO2. The summed E-state index contributed by atoms with van der Waals surface area (Å²) in [4.78, 5) is 0. The van der Waals surface area contributed by atoms with E-state index in [0.29, 0.717) is 13.0 Å². The number of aliphatic hydroxyl groups is 1. The van der Waals surface area contributed by atoms with Crippen LogP contribution in [0.2, 0.25) is 0 Å². The van der Waals surface area contributed by atoms with Crippen molar-refractivity contribution in [1.29, 1.82) is 5.26 Å². The minimum atomic E-state index is -0.926. The van der Waals surface area contributed by atoms with Crippen LogP contribution >= 0.6 is 0 Å². The lowest BCUT2D eigenvalue weighted by molar-refractivity contribution is -0.00233. The van der Waals surface area contributed by atoms with E-state index in [-0.39, 0.29) is 5.92 Å². The maximum absolute atomic E-state index is 9.61. The molecule has 3 nitrogen and oxygen atoms in total. The average molecular weight is 157 g/mol. The van der Waals surface area contributed by atoms with Crippen LogP contribution in [0.5, 0.6) is 0 Å². The fourth-order valence-electron chi connectivity index (χ4n) is 0.664. The van der Waals surface area contributed by atoms with Gasteiger partial charge >= 0.3 is 0 Å². The SMILES string of the molecule is COCCC(C)(O)C(C)C#N. The van der Waals surface area contributed by atoms with Crippen molar-refractivity contribution in [3.8, 4) is 6.07 Å². The van der Waals surface area contributed by atoms with Gasteiger partial charge in [0.2, 0.25) is 0 Å². The number of ether oxygens (including phenoxy) is 1. The monoisotopic (exact) mass is 157 g/mol. The summed E-state index contributed by atoms with van der Waals surface area (Å²) in [5, 5.41) is 18.1. The van der Waals surface area contributed by atoms with Crippen LogP contribution in [-0.2, 0) is 4.74 Å². The van der Waals surface area contributed by atoms with Crippen LogP contribution in [0.3, 0.4) is 0 Å². The number of methoxy groups -OCH3 is 1. The van der Waals surface area contributed by atoms with Gasteiger partial charge in [0.15, 0.2) is 0 Å². The van der Waals surface area contributed by atoms with Crippen molar-refractivity contribution in [2.24, 2.45) is 5.92 Å². The minimum Gasteiger partial charge on any atom is -0.389 e. The number of nitrogens with zero attached hydrogens (tertiary/aromatic N) is 1. The molecule has 0 fully saturated rings. The molecule has 0 bridgehead atoms. The maximum atomic E-state index is 9.61. The summed E-state index contributed by atoms with van der Waals surface area (Å²) < 4.78 is 4.80. The third-order valence-corrected chi connectivity index (χ3v) is 1.94. The molecule has 0 aliphatic carbocycles. The standard InChI is InChI=1S/C8H15NO2/c1-7(6-9)8(2,10)4-5-11-3/h7,10H,4-5H2,1-3H3. The van der Waals surface area contributed by atoms with Gasteiger partial charge in [0.05, 0.1) is 17.6 Å². The summed E-state index contributed by atoms with van der Waals surface area (Å²) in [5.41, 5.74) is -0.926. The lowest BCUT2D eigenvalue weighted by atomic mass is 9.89.